The Morgan fingerprint density at radius 1 is 1.35 bits per heavy atom. The van der Waals surface area contributed by atoms with Crippen molar-refractivity contribution in [3.8, 4) is 0 Å². The Morgan fingerprint density at radius 2 is 2.00 bits per heavy atom. The fraction of sp³-hybridized carbons (Fsp3) is 0.333. The number of carbonyl (C=O) groups is 2. The van der Waals surface area contributed by atoms with Gasteiger partial charge in [0.1, 0.15) is 0 Å². The number of esters is 1. The number of ketones is 1. The van der Waals surface area contributed by atoms with Gasteiger partial charge in [0, 0.05) is 10.0 Å². The average Bonchev–Trinajstić information content (AvgIpc) is 2.28. The summed E-state index contributed by atoms with van der Waals surface area (Å²) in [5.41, 5.74) is 0.661. The number of carbonyl (C=O) groups excluding carboxylic acids is 2. The molecule has 17 heavy (non-hydrogen) atoms. The molecule has 1 aromatic rings. The lowest BCUT2D eigenvalue weighted by Gasteiger charge is -2.09. The first-order valence-corrected chi connectivity index (χ1v) is 6.83. The molecule has 0 bridgehead atoms. The third-order valence-electron chi connectivity index (χ3n) is 2.10. The molecule has 0 spiro atoms. The highest BCUT2D eigenvalue weighted by Gasteiger charge is 2.21. The van der Waals surface area contributed by atoms with Gasteiger partial charge in [0.15, 0.2) is 5.78 Å². The molecule has 0 fully saturated rings. The Kier molecular flexibility index (Phi) is 5.33. The smallest absolute Gasteiger partial charge is 0.338 e. The topological polar surface area (TPSA) is 43.4 Å². The van der Waals surface area contributed by atoms with E-state index in [0.717, 1.165) is 4.47 Å². The maximum Gasteiger partial charge on any atom is 0.338 e. The summed E-state index contributed by atoms with van der Waals surface area (Å²) in [6, 6.07) is 4.95. The molecule has 0 aromatic heterocycles. The third-order valence-corrected chi connectivity index (χ3v) is 3.01. The second kappa shape index (κ2) is 6.31. The summed E-state index contributed by atoms with van der Waals surface area (Å²) in [7, 11) is 0. The van der Waals surface area contributed by atoms with E-state index in [0.29, 0.717) is 5.56 Å². The number of rotatable bonds is 4. The van der Waals surface area contributed by atoms with Crippen LogP contribution in [0.1, 0.15) is 34.6 Å². The van der Waals surface area contributed by atoms with Crippen molar-refractivity contribution in [3.05, 3.63) is 33.8 Å². The number of benzene rings is 1. The molecular formula is C12H12Br2O3. The van der Waals surface area contributed by atoms with E-state index in [-0.39, 0.29) is 22.8 Å². The lowest BCUT2D eigenvalue weighted by atomic mass is 10.0. The minimum atomic E-state index is -0.481. The van der Waals surface area contributed by atoms with E-state index in [4.69, 9.17) is 4.74 Å². The van der Waals surface area contributed by atoms with Crippen LogP contribution >= 0.6 is 31.9 Å². The van der Waals surface area contributed by atoms with Gasteiger partial charge in [-0.2, -0.15) is 0 Å². The molecule has 3 nitrogen and oxygen atoms in total. The van der Waals surface area contributed by atoms with Crippen LogP contribution in [0.2, 0.25) is 0 Å². The number of hydrogen-bond donors (Lipinski definition) is 0. The van der Waals surface area contributed by atoms with Crippen molar-refractivity contribution in [1.29, 1.82) is 0 Å². The Bertz CT molecular complexity index is 441. The zero-order valence-electron chi connectivity index (χ0n) is 9.50. The predicted octanol–water partition coefficient (Wildman–Crippen LogP) is 3.59. The molecule has 0 saturated carbocycles. The van der Waals surface area contributed by atoms with Gasteiger partial charge in [0.2, 0.25) is 0 Å². The van der Waals surface area contributed by atoms with Crippen LogP contribution in [0.25, 0.3) is 0 Å². The molecule has 0 heterocycles. The Balaban J connectivity index is 3.21. The summed E-state index contributed by atoms with van der Waals surface area (Å²) in [4.78, 5) is 23.3. The van der Waals surface area contributed by atoms with E-state index >= 15 is 0 Å². The van der Waals surface area contributed by atoms with E-state index in [1.54, 1.807) is 32.0 Å². The molecular weight excluding hydrogens is 352 g/mol. The van der Waals surface area contributed by atoms with Crippen LogP contribution in [0.4, 0.5) is 0 Å². The lowest BCUT2D eigenvalue weighted by Crippen LogP contribution is -2.16. The van der Waals surface area contributed by atoms with Gasteiger partial charge in [0.25, 0.3) is 0 Å². The second-order valence-electron chi connectivity index (χ2n) is 3.39. The van der Waals surface area contributed by atoms with Gasteiger partial charge < -0.3 is 4.74 Å². The van der Waals surface area contributed by atoms with Crippen LogP contribution in [0.5, 0.6) is 0 Å². The van der Waals surface area contributed by atoms with E-state index in [1.165, 1.54) is 0 Å². The fourth-order valence-electron chi connectivity index (χ4n) is 1.32. The van der Waals surface area contributed by atoms with Crippen molar-refractivity contribution in [2.45, 2.75) is 18.7 Å². The van der Waals surface area contributed by atoms with Crippen LogP contribution in [0.3, 0.4) is 0 Å². The van der Waals surface area contributed by atoms with Crippen LogP contribution in [-0.2, 0) is 4.74 Å². The Labute approximate surface area is 117 Å². The maximum absolute atomic E-state index is 11.9. The number of halogens is 2. The minimum absolute atomic E-state index is 0.138. The molecule has 1 aromatic carbocycles. The van der Waals surface area contributed by atoms with Crippen molar-refractivity contribution in [2.24, 2.45) is 0 Å². The van der Waals surface area contributed by atoms with Gasteiger partial charge in [-0.3, -0.25) is 4.79 Å². The number of hydrogen-bond acceptors (Lipinski definition) is 3. The molecule has 92 valence electrons. The second-order valence-corrected chi connectivity index (χ2v) is 5.68. The first-order chi connectivity index (χ1) is 7.97. The molecule has 0 N–H and O–H groups in total. The fourth-order valence-corrected chi connectivity index (χ4v) is 1.93. The van der Waals surface area contributed by atoms with Gasteiger partial charge >= 0.3 is 5.97 Å². The molecule has 0 aliphatic carbocycles. The summed E-state index contributed by atoms with van der Waals surface area (Å²) in [5.74, 6) is -0.620. The zero-order valence-corrected chi connectivity index (χ0v) is 12.7. The van der Waals surface area contributed by atoms with Crippen LogP contribution in [0.15, 0.2) is 22.7 Å². The van der Waals surface area contributed by atoms with Crippen molar-refractivity contribution in [1.82, 2.24) is 0 Å². The SMILES string of the molecule is CCOC(=O)c1cc(Br)ccc1C(=O)C(C)Br. The summed E-state index contributed by atoms with van der Waals surface area (Å²) >= 11 is 6.47. The van der Waals surface area contributed by atoms with E-state index in [9.17, 15) is 9.59 Å². The normalized spacial score (nSPS) is 12.0. The van der Waals surface area contributed by atoms with Gasteiger partial charge in [-0.1, -0.05) is 31.9 Å². The third kappa shape index (κ3) is 3.64. The van der Waals surface area contributed by atoms with Crippen molar-refractivity contribution in [2.75, 3.05) is 6.61 Å². The molecule has 5 heteroatoms. The van der Waals surface area contributed by atoms with Gasteiger partial charge in [-0.15, -0.1) is 0 Å². The monoisotopic (exact) mass is 362 g/mol. The first kappa shape index (κ1) is 14.4. The van der Waals surface area contributed by atoms with Gasteiger partial charge in [0.05, 0.1) is 17.0 Å². The zero-order chi connectivity index (χ0) is 13.0. The van der Waals surface area contributed by atoms with E-state index in [1.807, 2.05) is 0 Å². The highest BCUT2D eigenvalue weighted by Crippen LogP contribution is 2.20. The highest BCUT2D eigenvalue weighted by molar-refractivity contribution is 9.10. The molecule has 0 saturated heterocycles. The van der Waals surface area contributed by atoms with Crippen molar-refractivity contribution >= 4 is 43.6 Å². The quantitative estimate of drug-likeness (QED) is 0.466. The number of ether oxygens (including phenoxy) is 1. The summed E-state index contributed by atoms with van der Waals surface area (Å²) in [6.07, 6.45) is 0. The van der Waals surface area contributed by atoms with Gasteiger partial charge in [-0.25, -0.2) is 4.79 Å². The van der Waals surface area contributed by atoms with Crippen molar-refractivity contribution in [3.63, 3.8) is 0 Å². The molecule has 0 amide bonds. The average molecular weight is 364 g/mol. The predicted molar refractivity (Wildman–Crippen MR) is 72.8 cm³/mol. The van der Waals surface area contributed by atoms with E-state index < -0.39 is 5.97 Å². The van der Waals surface area contributed by atoms with Crippen molar-refractivity contribution < 1.29 is 14.3 Å². The molecule has 1 unspecified atom stereocenters. The molecule has 0 aliphatic rings. The van der Waals surface area contributed by atoms with Crippen LogP contribution < -0.4 is 0 Å². The first-order valence-electron chi connectivity index (χ1n) is 5.12. The molecule has 1 rings (SSSR count). The maximum atomic E-state index is 11.9. The summed E-state index contributed by atoms with van der Waals surface area (Å²) in [5, 5.41) is 0. The van der Waals surface area contributed by atoms with Gasteiger partial charge in [-0.05, 0) is 32.0 Å². The number of alkyl halides is 1. The largest absolute Gasteiger partial charge is 0.462 e. The lowest BCUT2D eigenvalue weighted by molar-refractivity contribution is 0.0523. The Morgan fingerprint density at radius 3 is 2.53 bits per heavy atom. The summed E-state index contributed by atoms with van der Waals surface area (Å²) in [6.45, 7) is 3.73. The minimum Gasteiger partial charge on any atom is -0.462 e. The Hall–Kier alpha value is -0.680. The standard InChI is InChI=1S/C12H12Br2O3/c1-3-17-12(16)10-6-8(14)4-5-9(10)11(15)7(2)13/h4-7H,3H2,1-2H3. The highest BCUT2D eigenvalue weighted by atomic mass is 79.9. The molecule has 1 atom stereocenters. The molecule has 0 radical (unpaired) electrons. The number of Topliss-reactive ketones (excluding diaryl/α,β-unsaturated/α-hetero) is 1. The van der Waals surface area contributed by atoms with E-state index in [2.05, 4.69) is 31.9 Å². The van der Waals surface area contributed by atoms with Crippen LogP contribution in [0, 0.1) is 0 Å². The van der Waals surface area contributed by atoms with Crippen LogP contribution in [-0.4, -0.2) is 23.2 Å². The summed E-state index contributed by atoms with van der Waals surface area (Å²) < 4.78 is 5.66. The molecule has 0 aliphatic heterocycles.